The van der Waals surface area contributed by atoms with Crippen molar-refractivity contribution in [3.8, 4) is 0 Å². The van der Waals surface area contributed by atoms with Crippen molar-refractivity contribution >= 4 is 6.16 Å². The zero-order chi connectivity index (χ0) is 26.7. The van der Waals surface area contributed by atoms with Crippen LogP contribution in [0.1, 0.15) is 30.0 Å². The number of hydrogen-bond donors (Lipinski definition) is 2. The van der Waals surface area contributed by atoms with Crippen molar-refractivity contribution < 1.29 is 23.7 Å². The van der Waals surface area contributed by atoms with Gasteiger partial charge in [0, 0.05) is 34.9 Å². The van der Waals surface area contributed by atoms with Crippen LogP contribution in [0.15, 0.2) is 48.8 Å². The third-order valence-electron chi connectivity index (χ3n) is 5.82. The van der Waals surface area contributed by atoms with Gasteiger partial charge in [0.2, 0.25) is 0 Å². The number of aryl methyl sites for hydroxylation is 2. The molecule has 2 aromatic rings. The Balaban J connectivity index is 1.30. The number of carbonyl (C=O) groups is 1. The van der Waals surface area contributed by atoms with E-state index in [1.165, 1.54) is 28.5 Å². The Morgan fingerprint density at radius 2 is 1.65 bits per heavy atom. The van der Waals surface area contributed by atoms with Crippen molar-refractivity contribution in [1.82, 2.24) is 19.1 Å². The SMILES string of the molecule is Cc1cn([C@H]2C=C[C@@H](COC(=O)OC[C@H]3O[C@@H](n4cc(C)c(=O)[nH]c4=O)C[C@@H]3N=[N+]=[N-])O2)c(=O)[nH]c1=O. The zero-order valence-corrected chi connectivity index (χ0v) is 19.7. The summed E-state index contributed by atoms with van der Waals surface area (Å²) in [6.45, 7) is 2.53. The Hall–Kier alpha value is -4.40. The monoisotopic (exact) mass is 517 g/mol. The van der Waals surface area contributed by atoms with Gasteiger partial charge in [0.05, 0.1) is 6.04 Å². The molecule has 2 aliphatic rings. The van der Waals surface area contributed by atoms with Gasteiger partial charge in [-0.2, -0.15) is 0 Å². The van der Waals surface area contributed by atoms with Gasteiger partial charge in [-0.25, -0.2) is 14.4 Å². The third kappa shape index (κ3) is 5.72. The number of hydrogen-bond acceptors (Lipinski definition) is 10. The maximum absolute atomic E-state index is 12.2. The maximum Gasteiger partial charge on any atom is 0.508 e. The quantitative estimate of drug-likeness (QED) is 0.169. The highest BCUT2D eigenvalue weighted by Crippen LogP contribution is 2.30. The molecule has 0 saturated carbocycles. The molecule has 2 aliphatic heterocycles. The molecule has 0 bridgehead atoms. The lowest BCUT2D eigenvalue weighted by Crippen LogP contribution is -2.34. The Morgan fingerprint density at radius 3 is 2.32 bits per heavy atom. The topological polar surface area (TPSA) is 212 Å². The predicted molar refractivity (Wildman–Crippen MR) is 124 cm³/mol. The van der Waals surface area contributed by atoms with Crippen LogP contribution in [0.2, 0.25) is 0 Å². The van der Waals surface area contributed by atoms with E-state index in [1.54, 1.807) is 19.1 Å². The number of aromatic amines is 2. The van der Waals surface area contributed by atoms with Crippen molar-refractivity contribution in [2.45, 2.75) is 51.0 Å². The zero-order valence-electron chi connectivity index (χ0n) is 19.7. The summed E-state index contributed by atoms with van der Waals surface area (Å²) in [6.07, 6.45) is 1.77. The van der Waals surface area contributed by atoms with Crippen LogP contribution in [0, 0.1) is 13.8 Å². The van der Waals surface area contributed by atoms with E-state index >= 15 is 0 Å². The minimum Gasteiger partial charge on any atom is -0.432 e. The lowest BCUT2D eigenvalue weighted by atomic mass is 10.1. The molecule has 0 radical (unpaired) electrons. The van der Waals surface area contributed by atoms with E-state index in [-0.39, 0.29) is 25.2 Å². The van der Waals surface area contributed by atoms with E-state index in [0.29, 0.717) is 5.56 Å². The molecule has 2 aromatic heterocycles. The van der Waals surface area contributed by atoms with E-state index in [4.69, 9.17) is 24.5 Å². The Labute approximate surface area is 206 Å². The molecule has 1 saturated heterocycles. The molecule has 2 N–H and O–H groups in total. The number of nitrogens with zero attached hydrogens (tertiary/aromatic N) is 5. The van der Waals surface area contributed by atoms with E-state index in [2.05, 4.69) is 20.0 Å². The summed E-state index contributed by atoms with van der Waals surface area (Å²) in [6, 6.07) is -0.747. The summed E-state index contributed by atoms with van der Waals surface area (Å²) in [7, 11) is 0. The summed E-state index contributed by atoms with van der Waals surface area (Å²) in [4.78, 5) is 66.6. The summed E-state index contributed by atoms with van der Waals surface area (Å²) in [5, 5.41) is 3.65. The van der Waals surface area contributed by atoms with E-state index < -0.39 is 59.4 Å². The van der Waals surface area contributed by atoms with Crippen LogP contribution in [0.25, 0.3) is 10.4 Å². The van der Waals surface area contributed by atoms with Crippen LogP contribution in [0.5, 0.6) is 0 Å². The average Bonchev–Trinajstić information content (AvgIpc) is 3.48. The molecule has 37 heavy (non-hydrogen) atoms. The van der Waals surface area contributed by atoms with Gasteiger partial charge in [0.25, 0.3) is 11.1 Å². The van der Waals surface area contributed by atoms with Crippen molar-refractivity contribution in [3.63, 3.8) is 0 Å². The summed E-state index contributed by atoms with van der Waals surface area (Å²) >= 11 is 0. The molecule has 5 atom stereocenters. The summed E-state index contributed by atoms with van der Waals surface area (Å²) in [5.41, 5.74) is 7.13. The normalized spacial score (nSPS) is 24.5. The number of H-pyrrole nitrogens is 2. The number of nitrogens with one attached hydrogen (secondary N) is 2. The van der Waals surface area contributed by atoms with E-state index in [0.717, 1.165) is 0 Å². The molecule has 0 amide bonds. The third-order valence-corrected chi connectivity index (χ3v) is 5.82. The number of ether oxygens (including phenoxy) is 4. The standard InChI is InChI=1S/C21H23N7O9/c1-10-6-27(19(31)23-17(10)29)15-4-3-12(36-15)8-34-21(33)35-9-14-13(25-26-22)5-16(37-14)28-7-11(2)18(30)24-20(28)32/h3-4,6-7,12-16H,5,8-9H2,1-2H3,(H,23,29,31)(H,24,30,32)/t12-,13-,14+,15+,16+/m0/s1. The Kier molecular flexibility index (Phi) is 7.42. The first-order chi connectivity index (χ1) is 17.7. The van der Waals surface area contributed by atoms with Crippen LogP contribution < -0.4 is 22.5 Å². The van der Waals surface area contributed by atoms with Gasteiger partial charge in [-0.3, -0.25) is 28.7 Å². The smallest absolute Gasteiger partial charge is 0.432 e. The highest BCUT2D eigenvalue weighted by atomic mass is 16.7. The summed E-state index contributed by atoms with van der Waals surface area (Å²) in [5.74, 6) is 0. The molecule has 0 aliphatic carbocycles. The highest BCUT2D eigenvalue weighted by molar-refractivity contribution is 5.59. The molecular weight excluding hydrogens is 494 g/mol. The van der Waals surface area contributed by atoms with Gasteiger partial charge < -0.3 is 18.9 Å². The molecule has 16 heteroatoms. The lowest BCUT2D eigenvalue weighted by molar-refractivity contribution is -0.0540. The van der Waals surface area contributed by atoms with Crippen LogP contribution in [-0.4, -0.2) is 56.7 Å². The number of aromatic nitrogens is 4. The fourth-order valence-corrected chi connectivity index (χ4v) is 3.88. The molecule has 4 rings (SSSR count). The van der Waals surface area contributed by atoms with Gasteiger partial charge in [-0.05, 0) is 25.5 Å². The average molecular weight is 517 g/mol. The lowest BCUT2D eigenvalue weighted by Gasteiger charge is -2.18. The van der Waals surface area contributed by atoms with Crippen molar-refractivity contribution in [3.05, 3.63) is 87.8 Å². The molecule has 0 unspecified atom stereocenters. The molecular formula is C21H23N7O9. The van der Waals surface area contributed by atoms with Crippen LogP contribution >= 0.6 is 0 Å². The van der Waals surface area contributed by atoms with Crippen molar-refractivity contribution in [1.29, 1.82) is 0 Å². The van der Waals surface area contributed by atoms with Crippen LogP contribution in [-0.2, 0) is 18.9 Å². The number of rotatable bonds is 7. The van der Waals surface area contributed by atoms with Crippen molar-refractivity contribution in [2.24, 2.45) is 5.11 Å². The molecule has 196 valence electrons. The van der Waals surface area contributed by atoms with Gasteiger partial charge in [-0.1, -0.05) is 11.2 Å². The second-order valence-electron chi connectivity index (χ2n) is 8.42. The minimum absolute atomic E-state index is 0.115. The first-order valence-corrected chi connectivity index (χ1v) is 11.1. The second-order valence-corrected chi connectivity index (χ2v) is 8.42. The van der Waals surface area contributed by atoms with Gasteiger partial charge in [-0.15, -0.1) is 0 Å². The number of azide groups is 1. The minimum atomic E-state index is -1.04. The molecule has 1 fully saturated rings. The Bertz CT molecular complexity index is 1500. The molecule has 4 heterocycles. The van der Waals surface area contributed by atoms with Crippen LogP contribution in [0.3, 0.4) is 0 Å². The van der Waals surface area contributed by atoms with Crippen LogP contribution in [0.4, 0.5) is 4.79 Å². The fraction of sp³-hybridized carbons (Fsp3) is 0.476. The molecule has 0 spiro atoms. The Morgan fingerprint density at radius 1 is 1.03 bits per heavy atom. The second kappa shape index (κ2) is 10.7. The predicted octanol–water partition coefficient (Wildman–Crippen LogP) is 0.277. The van der Waals surface area contributed by atoms with Gasteiger partial charge in [0.15, 0.2) is 6.23 Å². The highest BCUT2D eigenvalue weighted by Gasteiger charge is 2.37. The van der Waals surface area contributed by atoms with Crippen molar-refractivity contribution in [2.75, 3.05) is 13.2 Å². The molecule has 0 aromatic carbocycles. The van der Waals surface area contributed by atoms with E-state index in [9.17, 15) is 24.0 Å². The first-order valence-electron chi connectivity index (χ1n) is 11.1. The number of carbonyl (C=O) groups excluding carboxylic acids is 1. The molecule has 16 nitrogen and oxygen atoms in total. The van der Waals surface area contributed by atoms with Gasteiger partial charge >= 0.3 is 17.5 Å². The summed E-state index contributed by atoms with van der Waals surface area (Å²) < 4.78 is 23.9. The maximum atomic E-state index is 12.2. The fourth-order valence-electron chi connectivity index (χ4n) is 3.88. The van der Waals surface area contributed by atoms with Gasteiger partial charge in [0.1, 0.15) is 31.6 Å². The first kappa shape index (κ1) is 25.7. The van der Waals surface area contributed by atoms with E-state index in [1.807, 2.05) is 0 Å². The largest absolute Gasteiger partial charge is 0.508 e.